The van der Waals surface area contributed by atoms with Crippen LogP contribution in [-0.4, -0.2) is 74.2 Å². The normalized spacial score (nSPS) is 17.7. The van der Waals surface area contributed by atoms with Gasteiger partial charge in [0, 0.05) is 43.4 Å². The van der Waals surface area contributed by atoms with Crippen molar-refractivity contribution in [3.8, 4) is 0 Å². The Morgan fingerprint density at radius 1 is 1.17 bits per heavy atom. The summed E-state index contributed by atoms with van der Waals surface area (Å²) in [7, 11) is 1.33. The smallest absolute Gasteiger partial charge is 0.306 e. The van der Waals surface area contributed by atoms with E-state index in [1.807, 2.05) is 29.2 Å². The molecule has 2 aliphatic heterocycles. The quantitative estimate of drug-likeness (QED) is 0.583. The van der Waals surface area contributed by atoms with Crippen LogP contribution in [0, 0.1) is 5.92 Å². The largest absolute Gasteiger partial charge is 0.469 e. The number of rotatable bonds is 7. The molecule has 0 radical (unpaired) electrons. The van der Waals surface area contributed by atoms with Gasteiger partial charge in [0.15, 0.2) is 0 Å². The molecule has 2 saturated heterocycles. The summed E-state index contributed by atoms with van der Waals surface area (Å²) >= 11 is 1.49. The van der Waals surface area contributed by atoms with Gasteiger partial charge in [0.05, 0.1) is 43.1 Å². The molecule has 9 nitrogen and oxygen atoms in total. The SMILES string of the molecule is COC(=O)C[C@@H](C)C(=O)N1CCC(c2nc(C(=O)Nc3ccccc3N3CCOCC3)cs2)CC1. The van der Waals surface area contributed by atoms with Crippen molar-refractivity contribution in [3.63, 3.8) is 0 Å². The lowest BCUT2D eigenvalue weighted by Crippen LogP contribution is -2.41. The van der Waals surface area contributed by atoms with Gasteiger partial charge in [-0.25, -0.2) is 4.98 Å². The summed E-state index contributed by atoms with van der Waals surface area (Å²) in [4.78, 5) is 45.8. The highest BCUT2D eigenvalue weighted by molar-refractivity contribution is 7.10. The Balaban J connectivity index is 1.33. The zero-order chi connectivity index (χ0) is 24.8. The van der Waals surface area contributed by atoms with E-state index >= 15 is 0 Å². The Labute approximate surface area is 209 Å². The predicted molar refractivity (Wildman–Crippen MR) is 134 cm³/mol. The number of likely N-dealkylation sites (tertiary alicyclic amines) is 1. The first-order valence-electron chi connectivity index (χ1n) is 12.0. The number of carbonyl (C=O) groups is 3. The number of esters is 1. The van der Waals surface area contributed by atoms with Gasteiger partial charge in [-0.3, -0.25) is 14.4 Å². The third-order valence-electron chi connectivity index (χ3n) is 6.54. The second kappa shape index (κ2) is 11.6. The first kappa shape index (κ1) is 25.1. The second-order valence-corrected chi connectivity index (χ2v) is 9.81. The molecular formula is C25H32N4O5S. The van der Waals surface area contributed by atoms with Gasteiger partial charge >= 0.3 is 5.97 Å². The van der Waals surface area contributed by atoms with Crippen molar-refractivity contribution in [2.45, 2.75) is 32.1 Å². The fourth-order valence-corrected chi connectivity index (χ4v) is 5.48. The van der Waals surface area contributed by atoms with Crippen molar-refractivity contribution in [2.75, 3.05) is 56.7 Å². The zero-order valence-electron chi connectivity index (χ0n) is 20.2. The van der Waals surface area contributed by atoms with Crippen LogP contribution < -0.4 is 10.2 Å². The van der Waals surface area contributed by atoms with Crippen molar-refractivity contribution in [2.24, 2.45) is 5.92 Å². The fraction of sp³-hybridized carbons (Fsp3) is 0.520. The molecule has 0 spiro atoms. The summed E-state index contributed by atoms with van der Waals surface area (Å²) in [5, 5.41) is 5.75. The van der Waals surface area contributed by atoms with Gasteiger partial charge in [0.2, 0.25) is 5.91 Å². The Kier molecular flexibility index (Phi) is 8.35. The molecule has 0 saturated carbocycles. The number of carbonyl (C=O) groups excluding carboxylic acids is 3. The Morgan fingerprint density at radius 2 is 1.89 bits per heavy atom. The number of aromatic nitrogens is 1. The molecule has 4 rings (SSSR count). The molecular weight excluding hydrogens is 468 g/mol. The molecule has 35 heavy (non-hydrogen) atoms. The Hall–Kier alpha value is -2.98. The van der Waals surface area contributed by atoms with E-state index < -0.39 is 5.92 Å². The van der Waals surface area contributed by atoms with Crippen molar-refractivity contribution in [1.29, 1.82) is 0 Å². The molecule has 10 heteroatoms. The number of anilines is 2. The highest BCUT2D eigenvalue weighted by Gasteiger charge is 2.29. The molecule has 3 heterocycles. The van der Waals surface area contributed by atoms with Gasteiger partial charge in [-0.15, -0.1) is 11.3 Å². The average molecular weight is 501 g/mol. The molecule has 1 N–H and O–H groups in total. The van der Waals surface area contributed by atoms with E-state index in [4.69, 9.17) is 4.74 Å². The van der Waals surface area contributed by atoms with Crippen molar-refractivity contribution in [3.05, 3.63) is 40.3 Å². The van der Waals surface area contributed by atoms with Crippen LogP contribution in [-0.2, 0) is 19.1 Å². The number of piperidine rings is 1. The Bertz CT molecular complexity index is 1040. The molecule has 0 unspecified atom stereocenters. The minimum atomic E-state index is -0.394. The van der Waals surface area contributed by atoms with Crippen LogP contribution in [0.1, 0.15) is 47.6 Å². The highest BCUT2D eigenvalue weighted by Crippen LogP contribution is 2.32. The van der Waals surface area contributed by atoms with Crippen molar-refractivity contribution >= 4 is 40.5 Å². The number of thiazole rings is 1. The molecule has 1 aromatic carbocycles. The van der Waals surface area contributed by atoms with Crippen LogP contribution in [0.5, 0.6) is 0 Å². The van der Waals surface area contributed by atoms with Crippen molar-refractivity contribution < 1.29 is 23.9 Å². The van der Waals surface area contributed by atoms with E-state index in [0.717, 1.165) is 42.3 Å². The van der Waals surface area contributed by atoms with E-state index in [-0.39, 0.29) is 30.1 Å². The maximum atomic E-state index is 13.0. The molecule has 2 fully saturated rings. The summed E-state index contributed by atoms with van der Waals surface area (Å²) in [6.07, 6.45) is 1.66. The molecule has 1 atom stereocenters. The van der Waals surface area contributed by atoms with Crippen LogP contribution >= 0.6 is 11.3 Å². The predicted octanol–water partition coefficient (Wildman–Crippen LogP) is 3.14. The second-order valence-electron chi connectivity index (χ2n) is 8.92. The number of ether oxygens (including phenoxy) is 2. The third kappa shape index (κ3) is 6.18. The molecule has 188 valence electrons. The summed E-state index contributed by atoms with van der Waals surface area (Å²) in [5.74, 6) is -0.803. The van der Waals surface area contributed by atoms with Crippen LogP contribution in [0.25, 0.3) is 0 Å². The molecule has 2 amide bonds. The molecule has 2 aromatic rings. The maximum absolute atomic E-state index is 13.0. The van der Waals surface area contributed by atoms with Crippen LogP contribution in [0.15, 0.2) is 29.6 Å². The summed E-state index contributed by atoms with van der Waals surface area (Å²) in [6, 6.07) is 7.79. The van der Waals surface area contributed by atoms with Gasteiger partial charge in [0.25, 0.3) is 5.91 Å². The first-order valence-corrected chi connectivity index (χ1v) is 12.9. The summed E-state index contributed by atoms with van der Waals surface area (Å²) in [5.41, 5.74) is 2.16. The van der Waals surface area contributed by atoms with Gasteiger partial charge in [-0.1, -0.05) is 19.1 Å². The molecule has 1 aromatic heterocycles. The van der Waals surface area contributed by atoms with Gasteiger partial charge in [0.1, 0.15) is 5.69 Å². The number of morpholine rings is 1. The van der Waals surface area contributed by atoms with Crippen LogP contribution in [0.2, 0.25) is 0 Å². The highest BCUT2D eigenvalue weighted by atomic mass is 32.1. The number of nitrogens with one attached hydrogen (secondary N) is 1. The van der Waals surface area contributed by atoms with Crippen LogP contribution in [0.3, 0.4) is 0 Å². The minimum absolute atomic E-state index is 0.0213. The zero-order valence-corrected chi connectivity index (χ0v) is 21.0. The van der Waals surface area contributed by atoms with E-state index in [1.54, 1.807) is 12.3 Å². The van der Waals surface area contributed by atoms with E-state index in [0.29, 0.717) is 32.0 Å². The van der Waals surface area contributed by atoms with Gasteiger partial charge in [-0.05, 0) is 25.0 Å². The molecule has 0 bridgehead atoms. The minimum Gasteiger partial charge on any atom is -0.469 e. The van der Waals surface area contributed by atoms with E-state index in [1.165, 1.54) is 18.4 Å². The van der Waals surface area contributed by atoms with Crippen LogP contribution in [0.4, 0.5) is 11.4 Å². The lowest BCUT2D eigenvalue weighted by atomic mass is 9.96. The number of hydrogen-bond acceptors (Lipinski definition) is 8. The lowest BCUT2D eigenvalue weighted by molar-refractivity contribution is -0.146. The number of para-hydroxylation sites is 2. The Morgan fingerprint density at radius 3 is 2.60 bits per heavy atom. The van der Waals surface area contributed by atoms with Crippen molar-refractivity contribution in [1.82, 2.24) is 9.88 Å². The fourth-order valence-electron chi connectivity index (χ4n) is 4.50. The number of benzene rings is 1. The lowest BCUT2D eigenvalue weighted by Gasteiger charge is -2.32. The number of hydrogen-bond donors (Lipinski definition) is 1. The van der Waals surface area contributed by atoms with E-state index in [2.05, 4.69) is 19.9 Å². The van der Waals surface area contributed by atoms with Gasteiger partial charge in [-0.2, -0.15) is 0 Å². The number of amides is 2. The maximum Gasteiger partial charge on any atom is 0.306 e. The first-order chi connectivity index (χ1) is 17.0. The molecule has 2 aliphatic rings. The topological polar surface area (TPSA) is 101 Å². The molecule has 0 aliphatic carbocycles. The third-order valence-corrected chi connectivity index (χ3v) is 7.54. The summed E-state index contributed by atoms with van der Waals surface area (Å²) < 4.78 is 10.1. The monoisotopic (exact) mass is 500 g/mol. The average Bonchev–Trinajstić information content (AvgIpc) is 3.40. The standard InChI is InChI=1S/C25H32N4O5S/c1-17(15-22(30)33-2)25(32)29-9-7-18(8-10-29)24-27-20(16-35-24)23(31)26-19-5-3-4-6-21(19)28-11-13-34-14-12-28/h3-6,16-18H,7-15H2,1-2H3,(H,26,31)/t17-/m1/s1. The summed E-state index contributed by atoms with van der Waals surface area (Å²) in [6.45, 7) is 5.91. The van der Waals surface area contributed by atoms with Gasteiger partial charge < -0.3 is 24.6 Å². The number of methoxy groups -OCH3 is 1. The number of nitrogens with zero attached hydrogens (tertiary/aromatic N) is 3. The van der Waals surface area contributed by atoms with E-state index in [9.17, 15) is 14.4 Å².